The van der Waals surface area contributed by atoms with Crippen LogP contribution in [-0.4, -0.2) is 35.3 Å². The number of hydrogen-bond donors (Lipinski definition) is 1. The second-order valence-corrected chi connectivity index (χ2v) is 6.15. The molecule has 1 unspecified atom stereocenters. The van der Waals surface area contributed by atoms with Crippen LogP contribution in [0, 0.1) is 5.41 Å². The van der Waals surface area contributed by atoms with Crippen LogP contribution in [0.5, 0.6) is 0 Å². The number of piperazine rings is 1. The molecule has 96 valence electrons. The fraction of sp³-hybridized carbons (Fsp3) is 0.846. The Kier molecular flexibility index (Phi) is 3.15. The van der Waals surface area contributed by atoms with Crippen LogP contribution in [0.15, 0.2) is 0 Å². The zero-order valence-corrected chi connectivity index (χ0v) is 11.0. The van der Waals surface area contributed by atoms with Gasteiger partial charge in [-0.05, 0) is 38.0 Å². The maximum atomic E-state index is 12.0. The summed E-state index contributed by atoms with van der Waals surface area (Å²) >= 11 is 0. The van der Waals surface area contributed by atoms with Crippen molar-refractivity contribution >= 4 is 11.8 Å². The zero-order valence-electron chi connectivity index (χ0n) is 11.0. The first kappa shape index (κ1) is 12.4. The third-order valence-corrected chi connectivity index (χ3v) is 4.09. The topological polar surface area (TPSA) is 49.4 Å². The summed E-state index contributed by atoms with van der Waals surface area (Å²) in [6.45, 7) is 6.56. The van der Waals surface area contributed by atoms with E-state index in [2.05, 4.69) is 19.2 Å². The Bertz CT molecular complexity index is 328. The third-order valence-electron chi connectivity index (χ3n) is 4.09. The molecule has 0 radical (unpaired) electrons. The Labute approximate surface area is 103 Å². The number of hydrogen-bond acceptors (Lipinski definition) is 2. The van der Waals surface area contributed by atoms with E-state index in [1.807, 2.05) is 0 Å². The minimum atomic E-state index is -0.355. The zero-order chi connectivity index (χ0) is 12.6. The molecule has 1 heterocycles. The van der Waals surface area contributed by atoms with Crippen LogP contribution in [0.25, 0.3) is 0 Å². The molecule has 0 spiro atoms. The lowest BCUT2D eigenvalue weighted by Crippen LogP contribution is -2.60. The molecular formula is C13H22N2O2. The molecule has 2 aliphatic rings. The Morgan fingerprint density at radius 2 is 1.82 bits per heavy atom. The highest BCUT2D eigenvalue weighted by Crippen LogP contribution is 2.37. The smallest absolute Gasteiger partial charge is 0.245 e. The Morgan fingerprint density at radius 1 is 1.24 bits per heavy atom. The van der Waals surface area contributed by atoms with E-state index < -0.39 is 0 Å². The van der Waals surface area contributed by atoms with Crippen molar-refractivity contribution in [1.82, 2.24) is 10.2 Å². The SMILES string of the molecule is CC1NC(=O)CN(C2CCC(C)(C)CC2)C1=O. The third kappa shape index (κ3) is 2.61. The Morgan fingerprint density at radius 3 is 2.41 bits per heavy atom. The molecule has 2 amide bonds. The van der Waals surface area contributed by atoms with Crippen molar-refractivity contribution in [2.24, 2.45) is 5.41 Å². The van der Waals surface area contributed by atoms with E-state index in [1.54, 1.807) is 11.8 Å². The first-order chi connectivity index (χ1) is 7.89. The summed E-state index contributed by atoms with van der Waals surface area (Å²) in [5.41, 5.74) is 0.392. The summed E-state index contributed by atoms with van der Waals surface area (Å²) in [5, 5.41) is 2.68. The average molecular weight is 238 g/mol. The second kappa shape index (κ2) is 4.31. The van der Waals surface area contributed by atoms with E-state index in [-0.39, 0.29) is 30.4 Å². The van der Waals surface area contributed by atoms with Crippen molar-refractivity contribution < 1.29 is 9.59 Å². The second-order valence-electron chi connectivity index (χ2n) is 6.15. The summed E-state index contributed by atoms with van der Waals surface area (Å²) in [7, 11) is 0. The van der Waals surface area contributed by atoms with Gasteiger partial charge in [-0.25, -0.2) is 0 Å². The van der Waals surface area contributed by atoms with Gasteiger partial charge in [0.05, 0.1) is 6.54 Å². The van der Waals surface area contributed by atoms with Gasteiger partial charge in [-0.3, -0.25) is 9.59 Å². The molecule has 1 atom stereocenters. The molecule has 1 aliphatic carbocycles. The molecule has 0 aromatic rings. The van der Waals surface area contributed by atoms with Crippen molar-refractivity contribution in [1.29, 1.82) is 0 Å². The van der Waals surface area contributed by atoms with Crippen LogP contribution in [0.3, 0.4) is 0 Å². The van der Waals surface area contributed by atoms with Crippen molar-refractivity contribution in [2.45, 2.75) is 58.5 Å². The molecule has 1 N–H and O–H groups in total. The standard InChI is InChI=1S/C13H22N2O2/c1-9-12(17)15(8-11(16)14-9)10-4-6-13(2,3)7-5-10/h9-10H,4-8H2,1-3H3,(H,14,16). The van der Waals surface area contributed by atoms with Gasteiger partial charge in [0.15, 0.2) is 0 Å². The summed E-state index contributed by atoms with van der Waals surface area (Å²) in [4.78, 5) is 25.3. The van der Waals surface area contributed by atoms with E-state index in [0.29, 0.717) is 5.41 Å². The van der Waals surface area contributed by atoms with Gasteiger partial charge in [-0.1, -0.05) is 13.8 Å². The summed E-state index contributed by atoms with van der Waals surface area (Å²) in [5.74, 6) is 0.0521. The minimum absolute atomic E-state index is 0.0260. The maximum absolute atomic E-state index is 12.0. The quantitative estimate of drug-likeness (QED) is 0.748. The van der Waals surface area contributed by atoms with Crippen LogP contribution < -0.4 is 5.32 Å². The van der Waals surface area contributed by atoms with Crippen LogP contribution in [0.1, 0.15) is 46.5 Å². The van der Waals surface area contributed by atoms with Crippen LogP contribution >= 0.6 is 0 Å². The lowest BCUT2D eigenvalue weighted by Gasteiger charge is -2.42. The van der Waals surface area contributed by atoms with Crippen LogP contribution in [-0.2, 0) is 9.59 Å². The van der Waals surface area contributed by atoms with Gasteiger partial charge >= 0.3 is 0 Å². The van der Waals surface area contributed by atoms with Gasteiger partial charge in [0.1, 0.15) is 6.04 Å². The summed E-state index contributed by atoms with van der Waals surface area (Å²) < 4.78 is 0. The molecule has 1 saturated heterocycles. The molecular weight excluding hydrogens is 216 g/mol. The first-order valence-corrected chi connectivity index (χ1v) is 6.49. The van der Waals surface area contributed by atoms with Gasteiger partial charge in [0.25, 0.3) is 0 Å². The van der Waals surface area contributed by atoms with E-state index in [1.165, 1.54) is 0 Å². The van der Waals surface area contributed by atoms with Crippen molar-refractivity contribution in [3.63, 3.8) is 0 Å². The Balaban J connectivity index is 2.02. The van der Waals surface area contributed by atoms with E-state index in [0.717, 1.165) is 25.7 Å². The summed E-state index contributed by atoms with van der Waals surface area (Å²) in [6, 6.07) is -0.0878. The minimum Gasteiger partial charge on any atom is -0.343 e. The number of carbonyl (C=O) groups is 2. The lowest BCUT2D eigenvalue weighted by atomic mass is 9.75. The Hall–Kier alpha value is -1.06. The average Bonchev–Trinajstić information content (AvgIpc) is 2.24. The highest BCUT2D eigenvalue weighted by molar-refractivity contribution is 5.94. The van der Waals surface area contributed by atoms with Crippen molar-refractivity contribution in [2.75, 3.05) is 6.54 Å². The highest BCUT2D eigenvalue weighted by Gasteiger charge is 2.37. The molecule has 4 heteroatoms. The maximum Gasteiger partial charge on any atom is 0.245 e. The van der Waals surface area contributed by atoms with Crippen LogP contribution in [0.4, 0.5) is 0 Å². The molecule has 1 aliphatic heterocycles. The first-order valence-electron chi connectivity index (χ1n) is 6.49. The van der Waals surface area contributed by atoms with Gasteiger partial charge in [-0.15, -0.1) is 0 Å². The molecule has 0 aromatic carbocycles. The highest BCUT2D eigenvalue weighted by atomic mass is 16.2. The van der Waals surface area contributed by atoms with E-state index in [9.17, 15) is 9.59 Å². The van der Waals surface area contributed by atoms with E-state index in [4.69, 9.17) is 0 Å². The number of amides is 2. The number of nitrogens with one attached hydrogen (secondary N) is 1. The molecule has 0 aromatic heterocycles. The molecule has 17 heavy (non-hydrogen) atoms. The summed E-state index contributed by atoms with van der Waals surface area (Å²) in [6.07, 6.45) is 4.33. The molecule has 1 saturated carbocycles. The van der Waals surface area contributed by atoms with E-state index >= 15 is 0 Å². The molecule has 2 rings (SSSR count). The van der Waals surface area contributed by atoms with Crippen molar-refractivity contribution in [3.8, 4) is 0 Å². The monoisotopic (exact) mass is 238 g/mol. The largest absolute Gasteiger partial charge is 0.343 e. The van der Waals surface area contributed by atoms with Crippen LogP contribution in [0.2, 0.25) is 0 Å². The van der Waals surface area contributed by atoms with Gasteiger partial charge in [0.2, 0.25) is 11.8 Å². The number of rotatable bonds is 1. The van der Waals surface area contributed by atoms with Crippen molar-refractivity contribution in [3.05, 3.63) is 0 Å². The number of nitrogens with zero attached hydrogens (tertiary/aromatic N) is 1. The van der Waals surface area contributed by atoms with Gasteiger partial charge in [-0.2, -0.15) is 0 Å². The van der Waals surface area contributed by atoms with Gasteiger partial charge < -0.3 is 10.2 Å². The number of carbonyl (C=O) groups excluding carboxylic acids is 2. The fourth-order valence-corrected chi connectivity index (χ4v) is 2.83. The lowest BCUT2D eigenvalue weighted by molar-refractivity contribution is -0.147. The fourth-order valence-electron chi connectivity index (χ4n) is 2.83. The predicted octanol–water partition coefficient (Wildman–Crippen LogP) is 1.30. The molecule has 4 nitrogen and oxygen atoms in total. The van der Waals surface area contributed by atoms with Gasteiger partial charge in [0, 0.05) is 6.04 Å². The molecule has 0 bridgehead atoms. The predicted molar refractivity (Wildman–Crippen MR) is 65.4 cm³/mol. The molecule has 2 fully saturated rings. The normalized spacial score (nSPS) is 30.3.